The first-order valence-electron chi connectivity index (χ1n) is 8.62. The number of nitrogens with zero attached hydrogens (tertiary/aromatic N) is 2. The van der Waals surface area contributed by atoms with Crippen molar-refractivity contribution in [3.05, 3.63) is 51.8 Å². The Morgan fingerprint density at radius 1 is 1.37 bits per heavy atom. The van der Waals surface area contributed by atoms with E-state index >= 15 is 0 Å². The van der Waals surface area contributed by atoms with Gasteiger partial charge in [-0.05, 0) is 31.9 Å². The van der Waals surface area contributed by atoms with Gasteiger partial charge >= 0.3 is 0 Å². The van der Waals surface area contributed by atoms with Gasteiger partial charge in [-0.25, -0.2) is 13.5 Å². The number of benzene rings is 1. The third-order valence-corrected chi connectivity index (χ3v) is 4.07. The predicted octanol–water partition coefficient (Wildman–Crippen LogP) is 1.82. The van der Waals surface area contributed by atoms with E-state index in [1.54, 1.807) is 6.92 Å². The van der Waals surface area contributed by atoms with Crippen LogP contribution in [0.15, 0.2) is 29.1 Å². The van der Waals surface area contributed by atoms with Gasteiger partial charge < -0.3 is 14.8 Å². The van der Waals surface area contributed by atoms with Crippen LogP contribution in [0.5, 0.6) is 5.88 Å². The number of carbonyl (C=O) groups excluding carboxylic acids is 1. The highest BCUT2D eigenvalue weighted by atomic mass is 19.2. The molecule has 1 atom stereocenters. The molecule has 1 aliphatic heterocycles. The standard InChI is InChI=1S/C18H19F2N3O4/c1-2-26-16-9-15(24)17(18(25)21-10-12-4-3-7-27-12)22-23(16)11-5-6-13(19)14(20)8-11/h5-6,8-9,12H,2-4,7,10H2,1H3,(H,21,25). The Bertz CT molecular complexity index is 895. The van der Waals surface area contributed by atoms with Crippen LogP contribution in [0.3, 0.4) is 0 Å². The summed E-state index contributed by atoms with van der Waals surface area (Å²) in [6, 6.07) is 4.20. The van der Waals surface area contributed by atoms with Crippen molar-refractivity contribution in [2.24, 2.45) is 0 Å². The minimum atomic E-state index is -1.08. The average molecular weight is 379 g/mol. The number of amides is 1. The molecule has 144 valence electrons. The molecule has 1 unspecified atom stereocenters. The van der Waals surface area contributed by atoms with E-state index in [2.05, 4.69) is 10.4 Å². The molecule has 3 rings (SSSR count). The van der Waals surface area contributed by atoms with Gasteiger partial charge in [-0.3, -0.25) is 9.59 Å². The molecule has 1 saturated heterocycles. The molecule has 0 radical (unpaired) electrons. The number of hydrogen-bond donors (Lipinski definition) is 1. The van der Waals surface area contributed by atoms with E-state index in [0.717, 1.165) is 35.7 Å². The quantitative estimate of drug-likeness (QED) is 0.828. The van der Waals surface area contributed by atoms with Crippen molar-refractivity contribution in [2.45, 2.75) is 25.9 Å². The van der Waals surface area contributed by atoms with Crippen molar-refractivity contribution < 1.29 is 23.0 Å². The van der Waals surface area contributed by atoms with E-state index in [1.165, 1.54) is 6.07 Å². The first-order chi connectivity index (χ1) is 13.0. The topological polar surface area (TPSA) is 82.5 Å². The first kappa shape index (κ1) is 19.0. The van der Waals surface area contributed by atoms with Crippen LogP contribution in [-0.4, -0.2) is 41.6 Å². The molecule has 27 heavy (non-hydrogen) atoms. The number of hydrogen-bond acceptors (Lipinski definition) is 5. The monoisotopic (exact) mass is 379 g/mol. The summed E-state index contributed by atoms with van der Waals surface area (Å²) in [5, 5.41) is 6.63. The minimum absolute atomic E-state index is 0.0178. The van der Waals surface area contributed by atoms with Gasteiger partial charge in [0.2, 0.25) is 11.3 Å². The summed E-state index contributed by atoms with van der Waals surface area (Å²) >= 11 is 0. The van der Waals surface area contributed by atoms with E-state index in [9.17, 15) is 18.4 Å². The molecule has 0 aliphatic carbocycles. The van der Waals surface area contributed by atoms with E-state index in [-0.39, 0.29) is 36.5 Å². The SMILES string of the molecule is CCOc1cc(=O)c(C(=O)NCC2CCCO2)nn1-c1ccc(F)c(F)c1. The summed E-state index contributed by atoms with van der Waals surface area (Å²) in [6.07, 6.45) is 1.66. The summed E-state index contributed by atoms with van der Waals surface area (Å²) in [5.74, 6) is -2.76. The van der Waals surface area contributed by atoms with E-state index in [1.807, 2.05) is 0 Å². The Labute approximate surface area is 153 Å². The summed E-state index contributed by atoms with van der Waals surface area (Å²) in [7, 11) is 0. The number of carbonyl (C=O) groups is 1. The second-order valence-corrected chi connectivity index (χ2v) is 5.98. The van der Waals surface area contributed by atoms with Crippen LogP contribution in [0, 0.1) is 11.6 Å². The fourth-order valence-electron chi connectivity index (χ4n) is 2.75. The van der Waals surface area contributed by atoms with E-state index < -0.39 is 23.0 Å². The van der Waals surface area contributed by atoms with Crippen molar-refractivity contribution in [3.8, 4) is 11.6 Å². The van der Waals surface area contributed by atoms with Crippen molar-refractivity contribution >= 4 is 5.91 Å². The number of halogens is 2. The van der Waals surface area contributed by atoms with Gasteiger partial charge in [-0.2, -0.15) is 5.10 Å². The average Bonchev–Trinajstić information content (AvgIpc) is 3.16. The highest BCUT2D eigenvalue weighted by Gasteiger charge is 2.21. The van der Waals surface area contributed by atoms with Crippen molar-refractivity contribution in [2.75, 3.05) is 19.8 Å². The lowest BCUT2D eigenvalue weighted by molar-refractivity contribution is 0.0851. The van der Waals surface area contributed by atoms with Gasteiger partial charge in [0.1, 0.15) is 0 Å². The molecule has 0 saturated carbocycles. The third kappa shape index (κ3) is 4.30. The van der Waals surface area contributed by atoms with Crippen LogP contribution >= 0.6 is 0 Å². The predicted molar refractivity (Wildman–Crippen MR) is 92.2 cm³/mol. The number of aromatic nitrogens is 2. The molecule has 2 aromatic rings. The zero-order valence-electron chi connectivity index (χ0n) is 14.7. The van der Waals surface area contributed by atoms with Gasteiger partial charge in [0.25, 0.3) is 5.91 Å². The highest BCUT2D eigenvalue weighted by Crippen LogP contribution is 2.18. The fourth-order valence-corrected chi connectivity index (χ4v) is 2.75. The third-order valence-electron chi connectivity index (χ3n) is 4.07. The highest BCUT2D eigenvalue weighted by molar-refractivity contribution is 5.92. The zero-order chi connectivity index (χ0) is 19.4. The smallest absolute Gasteiger partial charge is 0.275 e. The van der Waals surface area contributed by atoms with Crippen molar-refractivity contribution in [3.63, 3.8) is 0 Å². The molecule has 7 nitrogen and oxygen atoms in total. The van der Waals surface area contributed by atoms with Crippen LogP contribution in [0.2, 0.25) is 0 Å². The minimum Gasteiger partial charge on any atom is -0.478 e. The zero-order valence-corrected chi connectivity index (χ0v) is 14.7. The normalized spacial score (nSPS) is 16.3. The van der Waals surface area contributed by atoms with Crippen LogP contribution in [0.25, 0.3) is 5.69 Å². The summed E-state index contributed by atoms with van der Waals surface area (Å²) in [6.45, 7) is 2.82. The fraction of sp³-hybridized carbons (Fsp3) is 0.389. The number of ether oxygens (including phenoxy) is 2. The molecular weight excluding hydrogens is 360 g/mol. The van der Waals surface area contributed by atoms with Crippen molar-refractivity contribution in [1.29, 1.82) is 0 Å². The second-order valence-electron chi connectivity index (χ2n) is 5.98. The molecule has 1 fully saturated rings. The largest absolute Gasteiger partial charge is 0.478 e. The Morgan fingerprint density at radius 2 is 2.19 bits per heavy atom. The molecule has 1 amide bonds. The first-order valence-corrected chi connectivity index (χ1v) is 8.62. The Kier molecular flexibility index (Phi) is 5.80. The Morgan fingerprint density at radius 3 is 2.85 bits per heavy atom. The second kappa shape index (κ2) is 8.26. The molecule has 1 aliphatic rings. The molecule has 1 N–H and O–H groups in total. The Hall–Kier alpha value is -2.81. The maximum absolute atomic E-state index is 13.6. The van der Waals surface area contributed by atoms with Gasteiger partial charge in [0, 0.05) is 19.2 Å². The van der Waals surface area contributed by atoms with Crippen LogP contribution < -0.4 is 15.5 Å². The molecule has 1 aromatic heterocycles. The van der Waals surface area contributed by atoms with Gasteiger partial charge in [0.05, 0.1) is 24.5 Å². The lowest BCUT2D eigenvalue weighted by Crippen LogP contribution is -2.36. The number of rotatable bonds is 6. The molecular formula is C18H19F2N3O4. The lowest BCUT2D eigenvalue weighted by atomic mass is 10.2. The van der Waals surface area contributed by atoms with E-state index in [0.29, 0.717) is 6.61 Å². The summed E-state index contributed by atoms with van der Waals surface area (Å²) in [4.78, 5) is 24.7. The molecule has 9 heteroatoms. The van der Waals surface area contributed by atoms with Gasteiger partial charge in [-0.15, -0.1) is 0 Å². The van der Waals surface area contributed by atoms with E-state index in [4.69, 9.17) is 9.47 Å². The Balaban J connectivity index is 1.93. The van der Waals surface area contributed by atoms with Gasteiger partial charge in [-0.1, -0.05) is 0 Å². The maximum Gasteiger partial charge on any atom is 0.275 e. The molecule has 0 spiro atoms. The molecule has 0 bridgehead atoms. The molecule has 1 aromatic carbocycles. The van der Waals surface area contributed by atoms with Gasteiger partial charge in [0.15, 0.2) is 17.3 Å². The number of nitrogens with one attached hydrogen (secondary N) is 1. The van der Waals surface area contributed by atoms with Crippen LogP contribution in [0.1, 0.15) is 30.3 Å². The maximum atomic E-state index is 13.6. The molecule has 2 heterocycles. The summed E-state index contributed by atoms with van der Waals surface area (Å²) < 4.78 is 38.7. The van der Waals surface area contributed by atoms with Crippen molar-refractivity contribution in [1.82, 2.24) is 15.1 Å². The summed E-state index contributed by atoms with van der Waals surface area (Å²) in [5.41, 5.74) is -0.895. The van der Waals surface area contributed by atoms with Crippen LogP contribution in [0.4, 0.5) is 8.78 Å². The van der Waals surface area contributed by atoms with Crippen LogP contribution in [-0.2, 0) is 4.74 Å². The lowest BCUT2D eigenvalue weighted by Gasteiger charge is -2.14.